The van der Waals surface area contributed by atoms with Gasteiger partial charge in [-0.1, -0.05) is 63.2 Å². The van der Waals surface area contributed by atoms with E-state index in [-0.39, 0.29) is 21.8 Å². The second kappa shape index (κ2) is 11.2. The number of anilines is 1. The number of fused-ring (bicyclic) bond motifs is 1. The summed E-state index contributed by atoms with van der Waals surface area (Å²) in [6.45, 7) is 15.9. The van der Waals surface area contributed by atoms with Gasteiger partial charge in [-0.25, -0.2) is 0 Å². The molecule has 8 rings (SSSR count). The van der Waals surface area contributed by atoms with E-state index in [2.05, 4.69) is 97.5 Å². The number of hydrogen-bond donors (Lipinski definition) is 1. The van der Waals surface area contributed by atoms with Crippen LogP contribution >= 0.6 is 0 Å². The molecule has 248 valence electrons. The second-order valence-corrected chi connectivity index (χ2v) is 21.6. The van der Waals surface area contributed by atoms with Crippen LogP contribution in [0.2, 0.25) is 18.1 Å². The van der Waals surface area contributed by atoms with Crippen LogP contribution in [0.25, 0.3) is 0 Å². The average Bonchev–Trinajstić information content (AvgIpc) is 3.50. The Balaban J connectivity index is 1.14. The average molecular weight is 648 g/mol. The molecule has 5 nitrogen and oxygen atoms in total. The SMILES string of the molecule is CC(C)(C)[Si](C)(C)Oc1ccc2c(c1)[C@]13CCN(CCCNc4ccccc4)[C@H](C2)[C@]12CC[C@@H]1[C@H]3[C@@H](CN1C(=O)c1ccccc1)C2. The van der Waals surface area contributed by atoms with Crippen LogP contribution in [0.1, 0.15) is 74.4 Å². The van der Waals surface area contributed by atoms with Gasteiger partial charge in [0.2, 0.25) is 8.32 Å². The van der Waals surface area contributed by atoms with Crippen LogP contribution in [0.4, 0.5) is 5.69 Å². The van der Waals surface area contributed by atoms with Gasteiger partial charge in [0.15, 0.2) is 0 Å². The Hall–Kier alpha value is -3.09. The van der Waals surface area contributed by atoms with Crippen molar-refractivity contribution in [3.05, 3.63) is 95.6 Å². The van der Waals surface area contributed by atoms with Gasteiger partial charge in [-0.05, 0) is 128 Å². The van der Waals surface area contributed by atoms with Crippen molar-refractivity contribution in [2.24, 2.45) is 17.3 Å². The van der Waals surface area contributed by atoms with Crippen molar-refractivity contribution < 1.29 is 9.22 Å². The highest BCUT2D eigenvalue weighted by Gasteiger charge is 2.76. The van der Waals surface area contributed by atoms with Crippen LogP contribution in [0.5, 0.6) is 5.75 Å². The van der Waals surface area contributed by atoms with Crippen molar-refractivity contribution in [3.63, 3.8) is 0 Å². The topological polar surface area (TPSA) is 44.8 Å². The lowest BCUT2D eigenvalue weighted by Gasteiger charge is -2.66. The number of piperidine rings is 1. The number of nitrogens with one attached hydrogen (secondary N) is 1. The summed E-state index contributed by atoms with van der Waals surface area (Å²) in [5, 5.41) is 3.80. The molecule has 0 unspecified atom stereocenters. The normalized spacial score (nSPS) is 30.9. The Bertz CT molecular complexity index is 1640. The molecule has 0 aromatic heterocycles. The van der Waals surface area contributed by atoms with E-state index in [1.807, 2.05) is 30.3 Å². The van der Waals surface area contributed by atoms with Crippen LogP contribution in [-0.2, 0) is 11.8 Å². The zero-order valence-corrected chi connectivity index (χ0v) is 30.1. The first-order valence-corrected chi connectivity index (χ1v) is 21.2. The third-order valence-corrected chi connectivity index (χ3v) is 18.1. The van der Waals surface area contributed by atoms with Crippen LogP contribution in [0.3, 0.4) is 0 Å². The molecule has 6 heteroatoms. The maximum absolute atomic E-state index is 14.0. The lowest BCUT2D eigenvalue weighted by molar-refractivity contribution is -0.101. The van der Waals surface area contributed by atoms with E-state index in [1.165, 1.54) is 30.5 Å². The number of hydrogen-bond acceptors (Lipinski definition) is 4. The van der Waals surface area contributed by atoms with Gasteiger partial charge in [-0.3, -0.25) is 9.69 Å². The molecule has 2 aliphatic heterocycles. The first-order chi connectivity index (χ1) is 22.5. The summed E-state index contributed by atoms with van der Waals surface area (Å²) in [7, 11) is -1.99. The van der Waals surface area contributed by atoms with Crippen molar-refractivity contribution in [1.29, 1.82) is 0 Å². The predicted octanol–water partition coefficient (Wildman–Crippen LogP) is 8.38. The summed E-state index contributed by atoms with van der Waals surface area (Å²) in [6.07, 6.45) is 7.09. The first kappa shape index (κ1) is 31.2. The number of carbonyl (C=O) groups is 1. The molecular formula is C41H53N3O2Si. The van der Waals surface area contributed by atoms with Crippen molar-refractivity contribution in [2.45, 2.75) is 94.9 Å². The molecule has 1 amide bonds. The minimum Gasteiger partial charge on any atom is -0.543 e. The quantitative estimate of drug-likeness (QED) is 0.197. The van der Waals surface area contributed by atoms with Crippen LogP contribution in [0, 0.1) is 17.3 Å². The van der Waals surface area contributed by atoms with Gasteiger partial charge in [0.1, 0.15) is 5.75 Å². The van der Waals surface area contributed by atoms with Gasteiger partial charge >= 0.3 is 0 Å². The Labute approximate surface area is 283 Å². The molecule has 2 saturated carbocycles. The molecule has 3 aromatic carbocycles. The molecule has 5 aliphatic rings. The molecule has 2 heterocycles. The molecule has 4 bridgehead atoms. The zero-order valence-electron chi connectivity index (χ0n) is 29.1. The molecule has 3 aromatic rings. The van der Waals surface area contributed by atoms with Gasteiger partial charge in [-0.2, -0.15) is 0 Å². The molecule has 2 saturated heterocycles. The van der Waals surface area contributed by atoms with E-state index in [0.29, 0.717) is 23.9 Å². The van der Waals surface area contributed by atoms with E-state index in [9.17, 15) is 4.79 Å². The largest absolute Gasteiger partial charge is 0.543 e. The number of benzene rings is 3. The highest BCUT2D eigenvalue weighted by molar-refractivity contribution is 6.74. The summed E-state index contributed by atoms with van der Waals surface area (Å²) in [6, 6.07) is 28.8. The number of amides is 1. The van der Waals surface area contributed by atoms with Gasteiger partial charge in [0, 0.05) is 48.4 Å². The number of rotatable bonds is 8. The smallest absolute Gasteiger partial charge is 0.254 e. The molecule has 47 heavy (non-hydrogen) atoms. The highest BCUT2D eigenvalue weighted by Crippen LogP contribution is 2.75. The Morgan fingerprint density at radius 2 is 1.74 bits per heavy atom. The minimum atomic E-state index is -1.99. The van der Waals surface area contributed by atoms with Crippen LogP contribution in [-0.4, -0.2) is 62.3 Å². The zero-order chi connectivity index (χ0) is 32.6. The van der Waals surface area contributed by atoms with E-state index in [1.54, 1.807) is 5.56 Å². The van der Waals surface area contributed by atoms with E-state index in [4.69, 9.17) is 4.43 Å². The fourth-order valence-electron chi connectivity index (χ4n) is 10.9. The molecule has 0 spiro atoms. The summed E-state index contributed by atoms with van der Waals surface area (Å²) in [5.41, 5.74) is 5.55. The fraction of sp³-hybridized carbons (Fsp3) is 0.537. The molecular weight excluding hydrogens is 595 g/mol. The van der Waals surface area contributed by atoms with Crippen molar-refractivity contribution >= 4 is 19.9 Å². The standard InChI is InChI=1S/C41H53N3O2Si/c1-39(2,3)47(4,5)46-33-18-17-30-25-36-40-20-19-35-37(31(27-40)28-44(35)38(45)29-13-8-6-9-14-29)41(40,34(30)26-33)21-24-43(36)23-12-22-42-32-15-10-7-11-16-32/h6-11,13-18,26,31,35-37,42H,12,19-25,27-28H2,1-5H3/t31-,35-,36-,37-,40-,41+/m1/s1. The van der Waals surface area contributed by atoms with Crippen molar-refractivity contribution in [1.82, 2.24) is 9.80 Å². The Kier molecular flexibility index (Phi) is 7.45. The predicted molar refractivity (Wildman–Crippen MR) is 194 cm³/mol. The monoisotopic (exact) mass is 647 g/mol. The fourth-order valence-corrected chi connectivity index (χ4v) is 11.9. The maximum atomic E-state index is 14.0. The Morgan fingerprint density at radius 3 is 2.49 bits per heavy atom. The highest BCUT2D eigenvalue weighted by atomic mass is 28.4. The van der Waals surface area contributed by atoms with E-state index in [0.717, 1.165) is 56.8 Å². The third-order valence-electron chi connectivity index (χ3n) is 13.8. The molecule has 1 N–H and O–H groups in total. The molecule has 3 aliphatic carbocycles. The lowest BCUT2D eigenvalue weighted by Crippen LogP contribution is -2.69. The Morgan fingerprint density at radius 1 is 1.00 bits per heavy atom. The van der Waals surface area contributed by atoms with Gasteiger partial charge in [-0.15, -0.1) is 0 Å². The molecule has 0 radical (unpaired) electrons. The van der Waals surface area contributed by atoms with Crippen LogP contribution < -0.4 is 9.74 Å². The van der Waals surface area contributed by atoms with Crippen molar-refractivity contribution in [3.8, 4) is 5.75 Å². The van der Waals surface area contributed by atoms with E-state index >= 15 is 0 Å². The summed E-state index contributed by atoms with van der Waals surface area (Å²) >= 11 is 0. The molecule has 6 atom stereocenters. The van der Waals surface area contributed by atoms with E-state index < -0.39 is 8.32 Å². The summed E-state index contributed by atoms with van der Waals surface area (Å²) in [4.78, 5) is 19.2. The summed E-state index contributed by atoms with van der Waals surface area (Å²) in [5.74, 6) is 2.39. The summed E-state index contributed by atoms with van der Waals surface area (Å²) < 4.78 is 7.00. The third kappa shape index (κ3) is 4.75. The van der Waals surface area contributed by atoms with Crippen molar-refractivity contribution in [2.75, 3.05) is 31.5 Å². The lowest BCUT2D eigenvalue weighted by atomic mass is 9.43. The number of likely N-dealkylation sites (tertiary alicyclic amines) is 2. The molecule has 4 fully saturated rings. The number of carbonyl (C=O) groups excluding carboxylic acids is 1. The number of para-hydroxylation sites is 1. The van der Waals surface area contributed by atoms with Gasteiger partial charge in [0.05, 0.1) is 0 Å². The number of nitrogens with zero attached hydrogens (tertiary/aromatic N) is 2. The van der Waals surface area contributed by atoms with Gasteiger partial charge in [0.25, 0.3) is 5.91 Å². The minimum absolute atomic E-state index is 0.107. The van der Waals surface area contributed by atoms with Gasteiger partial charge < -0.3 is 14.6 Å². The van der Waals surface area contributed by atoms with Crippen LogP contribution in [0.15, 0.2) is 78.9 Å². The second-order valence-electron chi connectivity index (χ2n) is 16.9. The maximum Gasteiger partial charge on any atom is 0.254 e. The first-order valence-electron chi connectivity index (χ1n) is 18.3.